The van der Waals surface area contributed by atoms with Crippen LogP contribution in [0, 0.1) is 50.2 Å². The van der Waals surface area contributed by atoms with E-state index in [-0.39, 0.29) is 39.1 Å². The molecule has 0 heterocycles. The molecule has 5 aliphatic carbocycles. The van der Waals surface area contributed by atoms with Crippen molar-refractivity contribution in [1.82, 2.24) is 0 Å². The first-order chi connectivity index (χ1) is 15.6. The number of fused-ring (bicyclic) bond motifs is 7. The summed E-state index contributed by atoms with van der Waals surface area (Å²) >= 11 is 0. The van der Waals surface area contributed by atoms with E-state index in [4.69, 9.17) is 0 Å². The molecule has 34 heavy (non-hydrogen) atoms. The maximum Gasteiger partial charge on any atom is 0.310 e. The Morgan fingerprint density at radius 3 is 2.15 bits per heavy atom. The summed E-state index contributed by atoms with van der Waals surface area (Å²) in [6.45, 7) is 16.2. The van der Waals surface area contributed by atoms with Crippen molar-refractivity contribution in [2.45, 2.75) is 118 Å². The van der Waals surface area contributed by atoms with Crippen LogP contribution in [0.5, 0.6) is 0 Å². The van der Waals surface area contributed by atoms with Crippen LogP contribution in [0.15, 0.2) is 11.6 Å². The van der Waals surface area contributed by atoms with Crippen molar-refractivity contribution in [2.24, 2.45) is 50.2 Å². The Morgan fingerprint density at radius 2 is 1.50 bits per heavy atom. The van der Waals surface area contributed by atoms with Gasteiger partial charge in [-0.2, -0.15) is 0 Å². The van der Waals surface area contributed by atoms with E-state index in [2.05, 4.69) is 54.5 Å². The Morgan fingerprint density at radius 1 is 0.853 bits per heavy atom. The number of carboxylic acid groups (broad SMARTS) is 1. The van der Waals surface area contributed by atoms with Gasteiger partial charge in [0.05, 0.1) is 17.6 Å². The maximum absolute atomic E-state index is 12.8. The molecule has 0 aromatic rings. The first-order valence-electron chi connectivity index (χ1n) is 13.9. The molecule has 5 rings (SSSR count). The lowest BCUT2D eigenvalue weighted by atomic mass is 9.33. The molecule has 4 fully saturated rings. The van der Waals surface area contributed by atoms with Crippen molar-refractivity contribution < 1.29 is 20.1 Å². The van der Waals surface area contributed by atoms with Gasteiger partial charge in [0.1, 0.15) is 0 Å². The van der Waals surface area contributed by atoms with Crippen molar-refractivity contribution >= 4 is 5.97 Å². The molecule has 5 aliphatic rings. The fraction of sp³-hybridized carbons (Fsp3) is 0.900. The molecule has 0 spiro atoms. The summed E-state index contributed by atoms with van der Waals surface area (Å²) in [4.78, 5) is 12.8. The number of aliphatic hydroxyl groups excluding tert-OH is 2. The van der Waals surface area contributed by atoms with Gasteiger partial charge in [0.2, 0.25) is 0 Å². The Balaban J connectivity index is 1.62. The molecule has 9 atom stereocenters. The average molecular weight is 473 g/mol. The van der Waals surface area contributed by atoms with Crippen molar-refractivity contribution in [1.29, 1.82) is 0 Å². The lowest BCUT2D eigenvalue weighted by molar-refractivity contribution is -0.212. The molecule has 0 aromatic heterocycles. The molecule has 0 aromatic carbocycles. The molecular formula is C30H48O4. The summed E-state index contributed by atoms with van der Waals surface area (Å²) < 4.78 is 0. The number of aliphatic hydroxyl groups is 2. The average Bonchev–Trinajstić information content (AvgIpc) is 2.74. The first-order valence-corrected chi connectivity index (χ1v) is 13.9. The fourth-order valence-electron chi connectivity index (χ4n) is 10.6. The van der Waals surface area contributed by atoms with Gasteiger partial charge in [0.25, 0.3) is 0 Å². The molecule has 0 aliphatic heterocycles. The minimum atomic E-state index is -0.832. The minimum Gasteiger partial charge on any atom is -0.481 e. The normalized spacial score (nSPS) is 53.4. The monoisotopic (exact) mass is 472 g/mol. The fourth-order valence-corrected chi connectivity index (χ4v) is 10.6. The van der Waals surface area contributed by atoms with Gasteiger partial charge >= 0.3 is 5.97 Å². The standard InChI is InChI=1S/C30H48O4/c1-25(2)14-16-30(24(33)34)17-15-28(6)18(22(30)23(25)32)8-9-20-27(5)12-11-21(31)26(3,4)19(27)10-13-29(20,28)7/h8,19-23,31-32H,9-17H2,1-7H3,(H,33,34)/t19-,20-,21-,22+,23+,27-,28+,29+,30-/m0/s1. The molecule has 3 N–H and O–H groups in total. The number of aliphatic carboxylic acids is 1. The molecule has 4 nitrogen and oxygen atoms in total. The Kier molecular flexibility index (Phi) is 5.20. The highest BCUT2D eigenvalue weighted by molar-refractivity contribution is 5.77. The van der Waals surface area contributed by atoms with Crippen LogP contribution in [0.25, 0.3) is 0 Å². The molecular weight excluding hydrogens is 424 g/mol. The zero-order valence-electron chi connectivity index (χ0n) is 22.6. The van der Waals surface area contributed by atoms with Crippen LogP contribution in [-0.2, 0) is 4.79 Å². The molecule has 4 saturated carbocycles. The Hall–Kier alpha value is -0.870. The summed E-state index contributed by atoms with van der Waals surface area (Å²) in [6, 6.07) is 0. The number of carbonyl (C=O) groups is 1. The number of allylic oxidation sites excluding steroid dienone is 1. The first kappa shape index (κ1) is 24.8. The number of hydrogen-bond acceptors (Lipinski definition) is 3. The minimum absolute atomic E-state index is 0.0756. The second-order valence-electron chi connectivity index (χ2n) is 15.0. The third-order valence-electron chi connectivity index (χ3n) is 13.3. The van der Waals surface area contributed by atoms with Crippen LogP contribution in [-0.4, -0.2) is 33.5 Å². The van der Waals surface area contributed by atoms with E-state index < -0.39 is 17.5 Å². The van der Waals surface area contributed by atoms with Gasteiger partial charge in [-0.15, -0.1) is 0 Å². The van der Waals surface area contributed by atoms with Gasteiger partial charge in [0.15, 0.2) is 0 Å². The predicted octanol–water partition coefficient (Wildman–Crippen LogP) is 6.20. The van der Waals surface area contributed by atoms with Crippen molar-refractivity contribution in [3.05, 3.63) is 11.6 Å². The van der Waals surface area contributed by atoms with Gasteiger partial charge in [-0.25, -0.2) is 0 Å². The van der Waals surface area contributed by atoms with Gasteiger partial charge in [-0.05, 0) is 96.7 Å². The SMILES string of the molecule is CC1(C)CC[C@]2(C(=O)O)CC[C@]3(C)C(=CC[C@H]4[C@@]5(C)CC[C@H](O)C(C)(C)[C@@H]5CC[C@]43C)[C@@H]2[C@H]1O. The van der Waals surface area contributed by atoms with E-state index in [1.165, 1.54) is 5.57 Å². The molecule has 0 amide bonds. The number of hydrogen-bond donors (Lipinski definition) is 3. The third kappa shape index (κ3) is 2.76. The smallest absolute Gasteiger partial charge is 0.310 e. The van der Waals surface area contributed by atoms with E-state index in [1.807, 2.05) is 0 Å². The zero-order chi connectivity index (χ0) is 25.1. The van der Waals surface area contributed by atoms with Crippen LogP contribution in [0.3, 0.4) is 0 Å². The summed E-state index contributed by atoms with van der Waals surface area (Å²) in [5.41, 5.74) is 0.238. The molecule has 192 valence electrons. The molecule has 0 bridgehead atoms. The molecule has 4 heteroatoms. The van der Waals surface area contributed by atoms with Crippen molar-refractivity contribution in [2.75, 3.05) is 0 Å². The second kappa shape index (κ2) is 7.12. The summed E-state index contributed by atoms with van der Waals surface area (Å²) in [5, 5.41) is 33.1. The highest BCUT2D eigenvalue weighted by atomic mass is 16.4. The predicted molar refractivity (Wildman–Crippen MR) is 134 cm³/mol. The van der Waals surface area contributed by atoms with E-state index in [9.17, 15) is 20.1 Å². The zero-order valence-corrected chi connectivity index (χ0v) is 22.6. The maximum atomic E-state index is 12.8. The van der Waals surface area contributed by atoms with E-state index in [0.29, 0.717) is 24.7 Å². The van der Waals surface area contributed by atoms with Gasteiger partial charge in [-0.3, -0.25) is 4.79 Å². The Labute approximate surface area is 206 Å². The lowest BCUT2D eigenvalue weighted by Gasteiger charge is -2.71. The largest absolute Gasteiger partial charge is 0.481 e. The highest BCUT2D eigenvalue weighted by Crippen LogP contribution is 2.75. The molecule has 0 radical (unpaired) electrons. The van der Waals surface area contributed by atoms with E-state index in [1.54, 1.807) is 0 Å². The van der Waals surface area contributed by atoms with Gasteiger partial charge in [0, 0.05) is 5.92 Å². The number of rotatable bonds is 1. The van der Waals surface area contributed by atoms with Gasteiger partial charge < -0.3 is 15.3 Å². The summed E-state index contributed by atoms with van der Waals surface area (Å²) in [6.07, 6.45) is 9.70. The topological polar surface area (TPSA) is 77.8 Å². The Bertz CT molecular complexity index is 919. The van der Waals surface area contributed by atoms with Gasteiger partial charge in [-0.1, -0.05) is 60.1 Å². The summed E-state index contributed by atoms with van der Waals surface area (Å²) in [7, 11) is 0. The van der Waals surface area contributed by atoms with E-state index >= 15 is 0 Å². The van der Waals surface area contributed by atoms with Crippen LogP contribution >= 0.6 is 0 Å². The quantitative estimate of drug-likeness (QED) is 0.397. The molecule has 0 saturated heterocycles. The highest BCUT2D eigenvalue weighted by Gasteiger charge is 2.70. The van der Waals surface area contributed by atoms with Crippen LogP contribution in [0.4, 0.5) is 0 Å². The van der Waals surface area contributed by atoms with Crippen LogP contribution in [0.2, 0.25) is 0 Å². The van der Waals surface area contributed by atoms with Crippen LogP contribution in [0.1, 0.15) is 106 Å². The van der Waals surface area contributed by atoms with Crippen molar-refractivity contribution in [3.8, 4) is 0 Å². The number of carboxylic acids is 1. The van der Waals surface area contributed by atoms with Crippen molar-refractivity contribution in [3.63, 3.8) is 0 Å². The second-order valence-corrected chi connectivity index (χ2v) is 15.0. The van der Waals surface area contributed by atoms with Crippen LogP contribution < -0.4 is 0 Å². The van der Waals surface area contributed by atoms with E-state index in [0.717, 1.165) is 44.9 Å². The lowest BCUT2D eigenvalue weighted by Crippen LogP contribution is -2.66. The third-order valence-corrected chi connectivity index (χ3v) is 13.3. The summed E-state index contributed by atoms with van der Waals surface area (Å²) in [5.74, 6) is 0.0213. The molecule has 0 unspecified atom stereocenters.